The van der Waals surface area contributed by atoms with Crippen LogP contribution < -0.4 is 4.90 Å². The molecule has 150 valence electrons. The van der Waals surface area contributed by atoms with Crippen LogP contribution in [0.15, 0.2) is 71.2 Å². The van der Waals surface area contributed by atoms with E-state index in [1.165, 1.54) is 4.90 Å². The Balaban J connectivity index is 1.48. The molecule has 6 rings (SSSR count). The lowest BCUT2D eigenvalue weighted by Gasteiger charge is -2.30. The molecule has 3 aliphatic rings. The van der Waals surface area contributed by atoms with Crippen LogP contribution in [0.25, 0.3) is 10.8 Å². The predicted octanol–water partition coefficient (Wildman–Crippen LogP) is 4.14. The van der Waals surface area contributed by atoms with Gasteiger partial charge in [0.2, 0.25) is 5.91 Å². The monoisotopic (exact) mass is 461 g/mol. The molecule has 0 saturated carbocycles. The molecule has 0 aliphatic carbocycles. The Labute approximate surface area is 183 Å². The molecule has 0 spiro atoms. The van der Waals surface area contributed by atoms with Crippen LogP contribution in [0.5, 0.6) is 0 Å². The molecule has 3 fully saturated rings. The average molecular weight is 462 g/mol. The van der Waals surface area contributed by atoms with E-state index in [4.69, 9.17) is 0 Å². The van der Waals surface area contributed by atoms with E-state index >= 15 is 0 Å². The maximum atomic E-state index is 13.8. The molecule has 0 bridgehead atoms. The zero-order valence-corrected chi connectivity index (χ0v) is 17.8. The minimum Gasteiger partial charge on any atom is -0.274 e. The van der Waals surface area contributed by atoms with Crippen LogP contribution in [-0.4, -0.2) is 41.0 Å². The van der Waals surface area contributed by atoms with Crippen molar-refractivity contribution in [1.82, 2.24) is 10.0 Å². The third-order valence-electron chi connectivity index (χ3n) is 6.62. The molecule has 0 radical (unpaired) electrons. The summed E-state index contributed by atoms with van der Waals surface area (Å²) in [5, 5.41) is 6.34. The van der Waals surface area contributed by atoms with Gasteiger partial charge >= 0.3 is 0 Å². The van der Waals surface area contributed by atoms with Crippen molar-refractivity contribution >= 4 is 44.2 Å². The molecule has 3 heterocycles. The Morgan fingerprint density at radius 3 is 2.27 bits per heavy atom. The number of nitrogens with zero attached hydrogens (tertiary/aromatic N) is 3. The minimum absolute atomic E-state index is 0.0938. The Kier molecular flexibility index (Phi) is 4.10. The number of anilines is 1. The van der Waals surface area contributed by atoms with Gasteiger partial charge in [-0.3, -0.25) is 9.59 Å². The summed E-state index contributed by atoms with van der Waals surface area (Å²) in [6.07, 6.45) is 1.01. The summed E-state index contributed by atoms with van der Waals surface area (Å²) in [4.78, 5) is 28.9. The highest BCUT2D eigenvalue weighted by Crippen LogP contribution is 2.49. The highest BCUT2D eigenvalue weighted by atomic mass is 79.9. The Morgan fingerprint density at radius 2 is 1.47 bits per heavy atom. The standard InChI is InChI=1S/C24H20BrN3O2/c25-17-11-9-16(10-12-17)21-20-22(27-14-4-13-26(21)27)24(30)28(23(20)29)19-8-3-6-15-5-1-2-7-18(15)19/h1-3,5-12,20-22H,4,13-14H2/t20-,21+,22-/m1/s1. The van der Waals surface area contributed by atoms with Gasteiger partial charge in [-0.2, -0.15) is 0 Å². The topological polar surface area (TPSA) is 43.9 Å². The lowest BCUT2D eigenvalue weighted by atomic mass is 9.90. The summed E-state index contributed by atoms with van der Waals surface area (Å²) in [5.41, 5.74) is 1.77. The number of carbonyl (C=O) groups excluding carboxylic acids is 2. The van der Waals surface area contributed by atoms with Crippen molar-refractivity contribution in [3.8, 4) is 0 Å². The number of hydrogen-bond acceptors (Lipinski definition) is 4. The maximum Gasteiger partial charge on any atom is 0.253 e. The van der Waals surface area contributed by atoms with Gasteiger partial charge in [0, 0.05) is 22.9 Å². The van der Waals surface area contributed by atoms with Gasteiger partial charge in [-0.25, -0.2) is 14.9 Å². The molecule has 3 atom stereocenters. The summed E-state index contributed by atoms with van der Waals surface area (Å²) in [6, 6.07) is 21.3. The second kappa shape index (κ2) is 6.74. The van der Waals surface area contributed by atoms with E-state index < -0.39 is 12.0 Å². The summed E-state index contributed by atoms with van der Waals surface area (Å²) < 4.78 is 1.00. The molecule has 2 amide bonds. The molecule has 0 N–H and O–H groups in total. The van der Waals surface area contributed by atoms with E-state index in [2.05, 4.69) is 38.1 Å². The molecule has 3 aliphatic heterocycles. The number of hydrazine groups is 1. The van der Waals surface area contributed by atoms with E-state index in [-0.39, 0.29) is 17.9 Å². The molecule has 5 nitrogen and oxygen atoms in total. The molecular weight excluding hydrogens is 442 g/mol. The zero-order valence-electron chi connectivity index (χ0n) is 16.2. The normalized spacial score (nSPS) is 26.6. The highest BCUT2D eigenvalue weighted by molar-refractivity contribution is 9.10. The van der Waals surface area contributed by atoms with Crippen LogP contribution in [0, 0.1) is 5.92 Å². The number of imide groups is 1. The second-order valence-corrected chi connectivity index (χ2v) is 9.07. The van der Waals surface area contributed by atoms with Crippen LogP contribution in [0.3, 0.4) is 0 Å². The number of benzene rings is 3. The van der Waals surface area contributed by atoms with Crippen molar-refractivity contribution in [2.75, 3.05) is 18.0 Å². The van der Waals surface area contributed by atoms with Crippen molar-refractivity contribution in [3.63, 3.8) is 0 Å². The fourth-order valence-electron chi connectivity index (χ4n) is 5.41. The molecule has 30 heavy (non-hydrogen) atoms. The molecular formula is C24H20BrN3O2. The Bertz CT molecular complexity index is 1170. The first-order valence-electron chi connectivity index (χ1n) is 10.3. The summed E-state index contributed by atoms with van der Waals surface area (Å²) in [7, 11) is 0. The van der Waals surface area contributed by atoms with Crippen LogP contribution in [0.2, 0.25) is 0 Å². The van der Waals surface area contributed by atoms with Gasteiger partial charge in [-0.1, -0.05) is 64.5 Å². The lowest BCUT2D eigenvalue weighted by Crippen LogP contribution is -2.44. The van der Waals surface area contributed by atoms with Gasteiger partial charge in [0.05, 0.1) is 17.6 Å². The number of halogens is 1. The molecule has 0 unspecified atom stereocenters. The Hall–Kier alpha value is -2.54. The van der Waals surface area contributed by atoms with Gasteiger partial charge in [-0.05, 0) is 35.6 Å². The number of hydrogen-bond donors (Lipinski definition) is 0. The van der Waals surface area contributed by atoms with Crippen molar-refractivity contribution in [1.29, 1.82) is 0 Å². The van der Waals surface area contributed by atoms with Crippen LogP contribution in [0.4, 0.5) is 5.69 Å². The lowest BCUT2D eigenvalue weighted by molar-refractivity contribution is -0.126. The van der Waals surface area contributed by atoms with E-state index in [9.17, 15) is 9.59 Å². The number of amides is 2. The molecule has 3 saturated heterocycles. The first-order valence-corrected chi connectivity index (χ1v) is 11.1. The van der Waals surface area contributed by atoms with Crippen molar-refractivity contribution in [2.24, 2.45) is 5.92 Å². The Morgan fingerprint density at radius 1 is 0.767 bits per heavy atom. The number of rotatable bonds is 2. The fraction of sp³-hybridized carbons (Fsp3) is 0.250. The van der Waals surface area contributed by atoms with E-state index in [1.807, 2.05) is 54.6 Å². The number of fused-ring (bicyclic) bond motifs is 4. The second-order valence-electron chi connectivity index (χ2n) is 8.16. The van der Waals surface area contributed by atoms with E-state index in [0.29, 0.717) is 5.69 Å². The largest absolute Gasteiger partial charge is 0.274 e. The van der Waals surface area contributed by atoms with Gasteiger partial charge in [0.1, 0.15) is 6.04 Å². The van der Waals surface area contributed by atoms with Gasteiger partial charge in [0.25, 0.3) is 5.91 Å². The predicted molar refractivity (Wildman–Crippen MR) is 119 cm³/mol. The van der Waals surface area contributed by atoms with Crippen molar-refractivity contribution in [2.45, 2.75) is 18.5 Å². The van der Waals surface area contributed by atoms with Crippen LogP contribution >= 0.6 is 15.9 Å². The first-order chi connectivity index (χ1) is 14.6. The third kappa shape index (κ3) is 2.47. The van der Waals surface area contributed by atoms with Gasteiger partial charge in [0.15, 0.2) is 0 Å². The molecule has 6 heteroatoms. The zero-order chi connectivity index (χ0) is 20.4. The average Bonchev–Trinajstić information content (AvgIpc) is 3.41. The van der Waals surface area contributed by atoms with E-state index in [1.54, 1.807) is 0 Å². The molecule has 3 aromatic carbocycles. The summed E-state index contributed by atoms with van der Waals surface area (Å²) >= 11 is 3.50. The first kappa shape index (κ1) is 18.2. The van der Waals surface area contributed by atoms with Crippen LogP contribution in [0.1, 0.15) is 18.0 Å². The van der Waals surface area contributed by atoms with Crippen molar-refractivity contribution in [3.05, 3.63) is 76.8 Å². The quantitative estimate of drug-likeness (QED) is 0.538. The minimum atomic E-state index is -0.424. The fourth-order valence-corrected chi connectivity index (χ4v) is 5.68. The van der Waals surface area contributed by atoms with Crippen molar-refractivity contribution < 1.29 is 9.59 Å². The SMILES string of the molecule is O=C1[C@H]2[C@H](C(=O)N1c1cccc3ccccc13)N1CCCN1[C@H]2c1ccc(Br)cc1. The van der Waals surface area contributed by atoms with Crippen LogP contribution in [-0.2, 0) is 9.59 Å². The summed E-state index contributed by atoms with van der Waals surface area (Å²) in [6.45, 7) is 1.69. The molecule has 3 aromatic rings. The highest BCUT2D eigenvalue weighted by Gasteiger charge is 2.62. The van der Waals surface area contributed by atoms with Gasteiger partial charge in [-0.15, -0.1) is 0 Å². The van der Waals surface area contributed by atoms with Gasteiger partial charge < -0.3 is 0 Å². The number of carbonyl (C=O) groups is 2. The summed E-state index contributed by atoms with van der Waals surface area (Å²) in [5.74, 6) is -0.588. The molecule has 0 aromatic heterocycles. The third-order valence-corrected chi connectivity index (χ3v) is 7.15. The smallest absolute Gasteiger partial charge is 0.253 e. The van der Waals surface area contributed by atoms with E-state index in [0.717, 1.165) is 40.3 Å². The maximum absolute atomic E-state index is 13.8.